The van der Waals surface area contributed by atoms with Gasteiger partial charge in [-0.2, -0.15) is 18.2 Å². The first-order valence-electron chi connectivity index (χ1n) is 14.1. The summed E-state index contributed by atoms with van der Waals surface area (Å²) in [5.41, 5.74) is 0.379. The van der Waals surface area contributed by atoms with E-state index in [4.69, 9.17) is 0 Å². The summed E-state index contributed by atoms with van der Waals surface area (Å²) in [6.07, 6.45) is -2.62. The lowest BCUT2D eigenvalue weighted by molar-refractivity contribution is -0.138. The molecule has 2 aliphatic rings. The Morgan fingerprint density at radius 2 is 1.84 bits per heavy atom. The predicted molar refractivity (Wildman–Crippen MR) is 160 cm³/mol. The number of hydrogen-bond acceptors (Lipinski definition) is 9. The Morgan fingerprint density at radius 1 is 1.05 bits per heavy atom. The van der Waals surface area contributed by atoms with Crippen molar-refractivity contribution >= 4 is 39.2 Å². The zero-order valence-electron chi connectivity index (χ0n) is 24.0. The van der Waals surface area contributed by atoms with Gasteiger partial charge in [0.25, 0.3) is 0 Å². The number of anilines is 4. The molecule has 236 valence electrons. The van der Waals surface area contributed by atoms with Gasteiger partial charge >= 0.3 is 12.2 Å². The highest BCUT2D eigenvalue weighted by atomic mass is 32.2. The molecule has 16 heteroatoms. The van der Waals surface area contributed by atoms with Gasteiger partial charge in [-0.15, -0.1) is 0 Å². The second-order valence-electron chi connectivity index (χ2n) is 10.7. The maximum absolute atomic E-state index is 13.9. The summed E-state index contributed by atoms with van der Waals surface area (Å²) in [5, 5.41) is 11.3. The first-order chi connectivity index (χ1) is 21.0. The van der Waals surface area contributed by atoms with Gasteiger partial charge in [0, 0.05) is 75.5 Å². The number of carbonyl (C=O) groups excluding carboxylic acids is 1. The van der Waals surface area contributed by atoms with Gasteiger partial charge in [-0.1, -0.05) is 12.1 Å². The van der Waals surface area contributed by atoms with Crippen LogP contribution >= 0.6 is 0 Å². The summed E-state index contributed by atoms with van der Waals surface area (Å²) in [7, 11) is -1.71. The lowest BCUT2D eigenvalue weighted by Gasteiger charge is -2.33. The minimum atomic E-state index is -4.58. The van der Waals surface area contributed by atoms with E-state index in [-0.39, 0.29) is 41.7 Å². The average molecular weight is 634 g/mol. The Kier molecular flexibility index (Phi) is 9.53. The molecule has 0 aliphatic carbocycles. The quantitative estimate of drug-likeness (QED) is 0.286. The number of carbonyl (C=O) groups is 1. The zero-order chi connectivity index (χ0) is 31.3. The topological polar surface area (TPSA) is 144 Å². The predicted octanol–water partition coefficient (Wildman–Crippen LogP) is 3.40. The third-order valence-corrected chi connectivity index (χ3v) is 8.76. The fourth-order valence-electron chi connectivity index (χ4n) is 4.86. The van der Waals surface area contributed by atoms with Crippen molar-refractivity contribution in [3.63, 3.8) is 0 Å². The Morgan fingerprint density at radius 3 is 2.61 bits per heavy atom. The van der Waals surface area contributed by atoms with Crippen molar-refractivity contribution in [2.45, 2.75) is 30.6 Å². The maximum Gasteiger partial charge on any atom is 0.416 e. The molecule has 3 aromatic rings. The van der Waals surface area contributed by atoms with Gasteiger partial charge in [0.1, 0.15) is 5.82 Å². The number of fused-ring (bicyclic) bond motifs is 4. The Balaban J connectivity index is 1.25. The average Bonchev–Trinajstić information content (AvgIpc) is 2.98. The number of sulfonamides is 1. The molecular formula is C28H34F3N9O3S. The third kappa shape index (κ3) is 8.13. The van der Waals surface area contributed by atoms with Gasteiger partial charge < -0.3 is 26.2 Å². The molecule has 2 aliphatic heterocycles. The summed E-state index contributed by atoms with van der Waals surface area (Å²) in [5.74, 6) is 0.618. The number of amides is 2. The molecule has 4 bridgehead atoms. The monoisotopic (exact) mass is 633 g/mol. The van der Waals surface area contributed by atoms with E-state index < -0.39 is 27.8 Å². The zero-order valence-corrected chi connectivity index (χ0v) is 24.9. The van der Waals surface area contributed by atoms with Crippen LogP contribution in [0.2, 0.25) is 0 Å². The fraction of sp³-hybridized carbons (Fsp3) is 0.393. The number of nitrogens with zero attached hydrogens (tertiary/aromatic N) is 4. The highest BCUT2D eigenvalue weighted by molar-refractivity contribution is 7.89. The molecule has 0 saturated carbocycles. The molecule has 0 atom stereocenters. The summed E-state index contributed by atoms with van der Waals surface area (Å²) in [4.78, 5) is 25.7. The highest BCUT2D eigenvalue weighted by Gasteiger charge is 2.34. The maximum atomic E-state index is 13.9. The molecule has 2 amide bonds. The van der Waals surface area contributed by atoms with Gasteiger partial charge in [-0.25, -0.2) is 22.9 Å². The van der Waals surface area contributed by atoms with Crippen LogP contribution in [0, 0.1) is 0 Å². The lowest BCUT2D eigenvalue weighted by Crippen LogP contribution is -2.44. The number of likely N-dealkylation sites (N-methyl/N-ethyl adjacent to an activating group) is 1. The molecule has 1 fully saturated rings. The normalized spacial score (nSPS) is 17.6. The Labute approximate surface area is 253 Å². The molecule has 0 radical (unpaired) electrons. The van der Waals surface area contributed by atoms with Crippen molar-refractivity contribution in [3.05, 3.63) is 65.4 Å². The van der Waals surface area contributed by atoms with Crippen LogP contribution in [-0.4, -0.2) is 80.5 Å². The van der Waals surface area contributed by atoms with Crippen molar-refractivity contribution in [2.24, 2.45) is 0 Å². The molecule has 1 saturated heterocycles. The van der Waals surface area contributed by atoms with Gasteiger partial charge in [0.2, 0.25) is 16.0 Å². The molecule has 2 aromatic carbocycles. The van der Waals surface area contributed by atoms with E-state index in [0.29, 0.717) is 43.1 Å². The van der Waals surface area contributed by atoms with Crippen molar-refractivity contribution in [3.8, 4) is 0 Å². The van der Waals surface area contributed by atoms with E-state index >= 15 is 0 Å². The molecular weight excluding hydrogens is 599 g/mol. The van der Waals surface area contributed by atoms with Crippen LogP contribution in [0.3, 0.4) is 0 Å². The number of nitrogens with one attached hydrogen (secondary N) is 5. The molecule has 3 heterocycles. The molecule has 5 rings (SSSR count). The van der Waals surface area contributed by atoms with Gasteiger partial charge in [-0.3, -0.25) is 4.90 Å². The second kappa shape index (κ2) is 13.3. The van der Waals surface area contributed by atoms with Gasteiger partial charge in [0.05, 0.1) is 10.5 Å². The molecule has 1 aromatic heterocycles. The first kappa shape index (κ1) is 31.4. The van der Waals surface area contributed by atoms with Crippen LogP contribution in [0.1, 0.15) is 23.1 Å². The van der Waals surface area contributed by atoms with Crippen LogP contribution in [0.5, 0.6) is 0 Å². The van der Waals surface area contributed by atoms with Crippen LogP contribution in [0.4, 0.5) is 41.1 Å². The number of aromatic nitrogens is 2. The highest BCUT2D eigenvalue weighted by Crippen LogP contribution is 2.34. The number of urea groups is 1. The molecule has 12 nitrogen and oxygen atoms in total. The van der Waals surface area contributed by atoms with E-state index in [0.717, 1.165) is 19.2 Å². The standard InChI is InChI=1S/C28H34F3N9O3S/c1-39-10-12-40(13-11-39)18-19-6-7-22(15-24(19)28(29,30)31)37-27(41)34-17-20-16-33-26-36-21-4-2-5-23(14-21)44(42,43)35-9-3-8-32-25(20)38-26/h2,4-7,14-16,35H,3,8-13,17-18H2,1H3,(H2,34,37,41)(H2,32,33,36,38). The largest absolute Gasteiger partial charge is 0.416 e. The van der Waals surface area contributed by atoms with Gasteiger partial charge in [-0.05, 0) is 49.4 Å². The molecule has 0 spiro atoms. The number of benzene rings is 2. The van der Waals surface area contributed by atoms with E-state index in [2.05, 4.69) is 40.9 Å². The van der Waals surface area contributed by atoms with E-state index in [1.54, 1.807) is 12.1 Å². The lowest BCUT2D eigenvalue weighted by atomic mass is 10.0. The minimum Gasteiger partial charge on any atom is -0.370 e. The van der Waals surface area contributed by atoms with Crippen molar-refractivity contribution in [1.29, 1.82) is 0 Å². The Bertz CT molecular complexity index is 1600. The first-order valence-corrected chi connectivity index (χ1v) is 15.6. The molecule has 5 N–H and O–H groups in total. The minimum absolute atomic E-state index is 0.0151. The van der Waals surface area contributed by atoms with Crippen LogP contribution < -0.4 is 26.0 Å². The molecule has 0 unspecified atom stereocenters. The number of rotatable bonds is 5. The summed E-state index contributed by atoms with van der Waals surface area (Å²) < 4.78 is 69.5. The van der Waals surface area contributed by atoms with E-state index in [1.807, 2.05) is 11.9 Å². The summed E-state index contributed by atoms with van der Waals surface area (Å²) >= 11 is 0. The SMILES string of the molecule is CN1CCN(Cc2ccc(NC(=O)NCc3cnc4nc3NCCCNS(=O)(=O)c3cccc(c3)N4)cc2C(F)(F)F)CC1. The van der Waals surface area contributed by atoms with Crippen LogP contribution in [0.25, 0.3) is 0 Å². The van der Waals surface area contributed by atoms with E-state index in [9.17, 15) is 26.4 Å². The summed E-state index contributed by atoms with van der Waals surface area (Å²) in [6, 6.07) is 9.37. The van der Waals surface area contributed by atoms with E-state index in [1.165, 1.54) is 30.5 Å². The number of halogens is 3. The molecule has 44 heavy (non-hydrogen) atoms. The third-order valence-electron chi connectivity index (χ3n) is 7.31. The number of hydrogen-bond donors (Lipinski definition) is 5. The number of piperazine rings is 1. The van der Waals surface area contributed by atoms with Crippen molar-refractivity contribution in [2.75, 3.05) is 62.3 Å². The Hall–Kier alpha value is -3.99. The van der Waals surface area contributed by atoms with Gasteiger partial charge in [0.15, 0.2) is 0 Å². The van der Waals surface area contributed by atoms with Crippen molar-refractivity contribution in [1.82, 2.24) is 29.8 Å². The fourth-order valence-corrected chi connectivity index (χ4v) is 5.98. The smallest absolute Gasteiger partial charge is 0.370 e. The van der Waals surface area contributed by atoms with Crippen LogP contribution in [-0.2, 0) is 29.3 Å². The van der Waals surface area contributed by atoms with Crippen molar-refractivity contribution < 1.29 is 26.4 Å². The second-order valence-corrected chi connectivity index (χ2v) is 12.4. The number of alkyl halides is 3. The summed E-state index contributed by atoms with van der Waals surface area (Å²) in [6.45, 7) is 3.65. The van der Waals surface area contributed by atoms with Crippen LogP contribution in [0.15, 0.2) is 53.6 Å².